The smallest absolute Gasteiger partial charge is 0.243 e. The maximum Gasteiger partial charge on any atom is 0.243 e. The fourth-order valence-electron chi connectivity index (χ4n) is 3.14. The zero-order valence-corrected chi connectivity index (χ0v) is 20.1. The summed E-state index contributed by atoms with van der Waals surface area (Å²) in [5, 5.41) is 15.1. The average molecular weight is 475 g/mol. The molecular weight excluding hydrogens is 448 g/mol. The van der Waals surface area contributed by atoms with Crippen LogP contribution in [0, 0.1) is 13.8 Å². The van der Waals surface area contributed by atoms with Crippen molar-refractivity contribution in [3.05, 3.63) is 53.6 Å². The van der Waals surface area contributed by atoms with Crippen molar-refractivity contribution in [2.75, 3.05) is 24.2 Å². The van der Waals surface area contributed by atoms with E-state index in [1.165, 1.54) is 28.2 Å². The van der Waals surface area contributed by atoms with Gasteiger partial charge < -0.3 is 5.32 Å². The normalized spacial score (nSPS) is 11.7. The fourth-order valence-corrected chi connectivity index (χ4v) is 5.28. The first-order chi connectivity index (χ1) is 15.3. The van der Waals surface area contributed by atoms with E-state index in [-0.39, 0.29) is 16.6 Å². The number of hydrogen-bond donors (Lipinski definition) is 1. The fraction of sp³-hybridized carbons (Fsp3) is 0.333. The zero-order chi connectivity index (χ0) is 23.3. The lowest BCUT2D eigenvalue weighted by molar-refractivity contribution is -0.113. The third-order valence-electron chi connectivity index (χ3n) is 5.06. The van der Waals surface area contributed by atoms with E-state index < -0.39 is 10.0 Å². The zero-order valence-electron chi connectivity index (χ0n) is 18.4. The topological polar surface area (TPSA) is 110 Å². The van der Waals surface area contributed by atoms with E-state index in [0.717, 1.165) is 16.8 Å². The van der Waals surface area contributed by atoms with Gasteiger partial charge in [0.15, 0.2) is 0 Å². The van der Waals surface area contributed by atoms with Crippen LogP contribution in [0.5, 0.6) is 0 Å². The van der Waals surface area contributed by atoms with E-state index in [4.69, 9.17) is 0 Å². The van der Waals surface area contributed by atoms with Crippen molar-refractivity contribution < 1.29 is 13.2 Å². The third-order valence-corrected chi connectivity index (χ3v) is 8.04. The second-order valence-corrected chi connectivity index (χ2v) is 9.92. The molecular formula is C21H26N6O3S2. The number of benzene rings is 2. The molecule has 3 rings (SSSR count). The highest BCUT2D eigenvalue weighted by atomic mass is 32.2. The lowest BCUT2D eigenvalue weighted by atomic mass is 10.1. The Hall–Kier alpha value is -2.76. The number of carbonyl (C=O) groups is 1. The lowest BCUT2D eigenvalue weighted by Gasteiger charge is -2.18. The van der Waals surface area contributed by atoms with Crippen LogP contribution >= 0.6 is 11.8 Å². The van der Waals surface area contributed by atoms with E-state index in [2.05, 4.69) is 20.8 Å². The van der Waals surface area contributed by atoms with Crippen LogP contribution in [-0.2, 0) is 14.8 Å². The molecule has 1 heterocycles. The molecule has 3 aromatic rings. The van der Waals surface area contributed by atoms with E-state index in [1.54, 1.807) is 30.7 Å². The van der Waals surface area contributed by atoms with Crippen LogP contribution in [0.25, 0.3) is 5.69 Å². The van der Waals surface area contributed by atoms with Gasteiger partial charge in [0, 0.05) is 18.8 Å². The van der Waals surface area contributed by atoms with Crippen molar-refractivity contribution in [1.29, 1.82) is 0 Å². The molecule has 2 aromatic carbocycles. The first kappa shape index (κ1) is 23.9. The second-order valence-electron chi connectivity index (χ2n) is 7.04. The number of carbonyl (C=O) groups excluding carboxylic acids is 1. The highest BCUT2D eigenvalue weighted by Gasteiger charge is 2.21. The van der Waals surface area contributed by atoms with Gasteiger partial charge in [-0.2, -0.15) is 8.99 Å². The highest BCUT2D eigenvalue weighted by Crippen LogP contribution is 2.23. The molecule has 0 aliphatic rings. The van der Waals surface area contributed by atoms with Gasteiger partial charge in [0.25, 0.3) is 0 Å². The number of aryl methyl sites for hydroxylation is 1. The van der Waals surface area contributed by atoms with E-state index in [9.17, 15) is 13.2 Å². The molecule has 32 heavy (non-hydrogen) atoms. The minimum absolute atomic E-state index is 0.102. The first-order valence-electron chi connectivity index (χ1n) is 10.2. The Labute approximate surface area is 192 Å². The number of tetrazole rings is 1. The molecule has 9 nitrogen and oxygen atoms in total. The molecule has 0 radical (unpaired) electrons. The molecule has 0 atom stereocenters. The Balaban J connectivity index is 1.64. The van der Waals surface area contributed by atoms with Crippen molar-refractivity contribution in [2.24, 2.45) is 0 Å². The van der Waals surface area contributed by atoms with Gasteiger partial charge >= 0.3 is 0 Å². The number of thioether (sulfide) groups is 1. The summed E-state index contributed by atoms with van der Waals surface area (Å²) in [6.07, 6.45) is 0. The standard InChI is InChI=1S/C21H26N6O3S2/c1-5-26(6-2)32(29,30)18-12-10-17(11-13-18)22-20(28)14-31-21-23-24-25-27(21)19-9-7-8-15(3)16(19)4/h7-13H,5-6,14H2,1-4H3,(H,22,28). The second kappa shape index (κ2) is 10.2. The van der Waals surface area contributed by atoms with Crippen LogP contribution in [0.4, 0.5) is 5.69 Å². The number of rotatable bonds is 9. The van der Waals surface area contributed by atoms with Gasteiger partial charge in [-0.25, -0.2) is 8.42 Å². The predicted molar refractivity (Wildman–Crippen MR) is 125 cm³/mol. The van der Waals surface area contributed by atoms with Crippen molar-refractivity contribution in [3.8, 4) is 5.69 Å². The van der Waals surface area contributed by atoms with Crippen LogP contribution < -0.4 is 5.32 Å². The van der Waals surface area contributed by atoms with Crippen LogP contribution in [0.1, 0.15) is 25.0 Å². The minimum atomic E-state index is -3.53. The summed E-state index contributed by atoms with van der Waals surface area (Å²) in [6.45, 7) is 8.40. The monoisotopic (exact) mass is 474 g/mol. The molecule has 0 fully saturated rings. The van der Waals surface area contributed by atoms with Crippen LogP contribution in [0.15, 0.2) is 52.5 Å². The summed E-state index contributed by atoms with van der Waals surface area (Å²) in [7, 11) is -3.53. The van der Waals surface area contributed by atoms with Crippen LogP contribution in [0.2, 0.25) is 0 Å². The highest BCUT2D eigenvalue weighted by molar-refractivity contribution is 7.99. The molecule has 0 saturated carbocycles. The maximum atomic E-state index is 12.6. The van der Waals surface area contributed by atoms with Gasteiger partial charge in [-0.15, -0.1) is 5.10 Å². The molecule has 1 amide bonds. The average Bonchev–Trinajstić information content (AvgIpc) is 3.23. The van der Waals surface area contributed by atoms with Crippen molar-refractivity contribution in [1.82, 2.24) is 24.5 Å². The molecule has 0 saturated heterocycles. The van der Waals surface area contributed by atoms with E-state index >= 15 is 0 Å². The number of aromatic nitrogens is 4. The molecule has 11 heteroatoms. The van der Waals surface area contributed by atoms with E-state index in [1.807, 2.05) is 32.0 Å². The molecule has 0 spiro atoms. The van der Waals surface area contributed by atoms with Gasteiger partial charge in [-0.1, -0.05) is 37.7 Å². The van der Waals surface area contributed by atoms with Gasteiger partial charge in [-0.3, -0.25) is 4.79 Å². The molecule has 0 aliphatic heterocycles. The molecule has 170 valence electrons. The summed E-state index contributed by atoms with van der Waals surface area (Å²) in [4.78, 5) is 12.6. The summed E-state index contributed by atoms with van der Waals surface area (Å²) in [6, 6.07) is 12.0. The summed E-state index contributed by atoms with van der Waals surface area (Å²) in [5.41, 5.74) is 3.56. The Morgan fingerprint density at radius 1 is 1.09 bits per heavy atom. The quantitative estimate of drug-likeness (QED) is 0.475. The Morgan fingerprint density at radius 3 is 2.44 bits per heavy atom. The number of hydrogen-bond acceptors (Lipinski definition) is 7. The number of nitrogens with one attached hydrogen (secondary N) is 1. The number of nitrogens with zero attached hydrogens (tertiary/aromatic N) is 5. The SMILES string of the molecule is CCN(CC)S(=O)(=O)c1ccc(NC(=O)CSc2nnnn2-c2cccc(C)c2C)cc1. The molecule has 1 aromatic heterocycles. The molecule has 0 aliphatic carbocycles. The number of amides is 1. The summed E-state index contributed by atoms with van der Waals surface area (Å²) >= 11 is 1.22. The van der Waals surface area contributed by atoms with Crippen molar-refractivity contribution in [2.45, 2.75) is 37.7 Å². The largest absolute Gasteiger partial charge is 0.325 e. The summed E-state index contributed by atoms with van der Waals surface area (Å²) in [5.74, 6) is -0.144. The molecule has 0 unspecified atom stereocenters. The Morgan fingerprint density at radius 2 is 1.78 bits per heavy atom. The lowest BCUT2D eigenvalue weighted by Crippen LogP contribution is -2.30. The van der Waals surface area contributed by atoms with Crippen molar-refractivity contribution in [3.63, 3.8) is 0 Å². The van der Waals surface area contributed by atoms with E-state index in [0.29, 0.717) is 23.9 Å². The van der Waals surface area contributed by atoms with Crippen LogP contribution in [0.3, 0.4) is 0 Å². The molecule has 0 bridgehead atoms. The van der Waals surface area contributed by atoms with Gasteiger partial charge in [0.2, 0.25) is 21.1 Å². The summed E-state index contributed by atoms with van der Waals surface area (Å²) < 4.78 is 28.1. The first-order valence-corrected chi connectivity index (χ1v) is 12.6. The predicted octanol–water partition coefficient (Wildman–Crippen LogP) is 3.04. The maximum absolute atomic E-state index is 12.6. The van der Waals surface area contributed by atoms with Gasteiger partial charge in [0.05, 0.1) is 16.3 Å². The van der Waals surface area contributed by atoms with Gasteiger partial charge in [0.1, 0.15) is 0 Å². The molecule has 1 N–H and O–H groups in total. The minimum Gasteiger partial charge on any atom is -0.325 e. The third kappa shape index (κ3) is 5.17. The Kier molecular flexibility index (Phi) is 7.64. The van der Waals surface area contributed by atoms with Gasteiger partial charge in [-0.05, 0) is 65.7 Å². The van der Waals surface area contributed by atoms with Crippen LogP contribution in [-0.4, -0.2) is 57.7 Å². The number of sulfonamides is 1. The van der Waals surface area contributed by atoms with Crippen molar-refractivity contribution >= 4 is 33.4 Å². The number of anilines is 1. The Bertz CT molecular complexity index is 1190.